The van der Waals surface area contributed by atoms with Crippen LogP contribution in [0.5, 0.6) is 0 Å². The third-order valence-corrected chi connectivity index (χ3v) is 6.18. The Morgan fingerprint density at radius 3 is 2.08 bits per heavy atom. The van der Waals surface area contributed by atoms with Crippen LogP contribution >= 0.6 is 15.9 Å². The van der Waals surface area contributed by atoms with Gasteiger partial charge in [-0.25, -0.2) is 0 Å². The van der Waals surface area contributed by atoms with Crippen LogP contribution in [0.2, 0.25) is 0 Å². The average molecular weight is 557 g/mol. The normalized spacial score (nSPS) is 11.6. The molecule has 2 heterocycles. The standard InChI is InChI=1S/C27H24BrF3N4O/c1-34(2)16-15-33-26(36)20-5-3-18(4-6-20)23-11-12-24(19-7-9-21(28)10-8-19)35(23)25-17-32-14-13-22(25)27(29,30)31/h3-14,17H,15-16H2,1-2H3,(H,33,36). The summed E-state index contributed by atoms with van der Waals surface area (Å²) in [5.74, 6) is -0.207. The summed E-state index contributed by atoms with van der Waals surface area (Å²) in [4.78, 5) is 18.4. The molecule has 0 fully saturated rings. The Morgan fingerprint density at radius 2 is 1.53 bits per heavy atom. The van der Waals surface area contributed by atoms with Gasteiger partial charge in [0.1, 0.15) is 0 Å². The Balaban J connectivity index is 1.79. The van der Waals surface area contributed by atoms with E-state index in [0.717, 1.165) is 22.3 Å². The number of nitrogens with zero attached hydrogens (tertiary/aromatic N) is 3. The van der Waals surface area contributed by atoms with Gasteiger partial charge in [-0.1, -0.05) is 40.2 Å². The van der Waals surface area contributed by atoms with Crippen molar-refractivity contribution in [3.05, 3.63) is 94.7 Å². The number of pyridine rings is 1. The maximum atomic E-state index is 14.0. The monoisotopic (exact) mass is 556 g/mol. The van der Waals surface area contributed by atoms with Crippen molar-refractivity contribution in [3.63, 3.8) is 0 Å². The summed E-state index contributed by atoms with van der Waals surface area (Å²) in [5.41, 5.74) is 2.16. The minimum absolute atomic E-state index is 0.0755. The lowest BCUT2D eigenvalue weighted by molar-refractivity contribution is -0.137. The van der Waals surface area contributed by atoms with Gasteiger partial charge in [0.05, 0.1) is 28.8 Å². The molecule has 0 aliphatic carbocycles. The van der Waals surface area contributed by atoms with Crippen LogP contribution in [0.1, 0.15) is 15.9 Å². The minimum Gasteiger partial charge on any atom is -0.351 e. The molecule has 0 bridgehead atoms. The van der Waals surface area contributed by atoms with E-state index >= 15 is 0 Å². The summed E-state index contributed by atoms with van der Waals surface area (Å²) >= 11 is 3.40. The van der Waals surface area contributed by atoms with Gasteiger partial charge in [-0.2, -0.15) is 13.2 Å². The smallest absolute Gasteiger partial charge is 0.351 e. The number of amides is 1. The maximum Gasteiger partial charge on any atom is 0.418 e. The highest BCUT2D eigenvalue weighted by Crippen LogP contribution is 2.39. The molecule has 1 amide bonds. The summed E-state index contributed by atoms with van der Waals surface area (Å²) in [5, 5.41) is 2.86. The molecule has 5 nitrogen and oxygen atoms in total. The quantitative estimate of drug-likeness (QED) is 0.291. The number of carbonyl (C=O) groups excluding carboxylic acids is 1. The third-order valence-electron chi connectivity index (χ3n) is 5.65. The lowest BCUT2D eigenvalue weighted by atomic mass is 10.1. The second-order valence-corrected chi connectivity index (χ2v) is 9.39. The average Bonchev–Trinajstić information content (AvgIpc) is 3.29. The van der Waals surface area contributed by atoms with Crippen LogP contribution in [0.25, 0.3) is 28.2 Å². The number of nitrogens with one attached hydrogen (secondary N) is 1. The second-order valence-electron chi connectivity index (χ2n) is 8.47. The number of hydrogen-bond donors (Lipinski definition) is 1. The van der Waals surface area contributed by atoms with Gasteiger partial charge in [0.15, 0.2) is 0 Å². The zero-order valence-electron chi connectivity index (χ0n) is 19.7. The van der Waals surface area contributed by atoms with Gasteiger partial charge >= 0.3 is 6.18 Å². The van der Waals surface area contributed by atoms with Crippen molar-refractivity contribution in [1.29, 1.82) is 0 Å². The molecule has 4 aromatic rings. The van der Waals surface area contributed by atoms with E-state index in [1.807, 2.05) is 43.3 Å². The molecule has 4 rings (SSSR count). The van der Waals surface area contributed by atoms with Gasteiger partial charge in [0, 0.05) is 29.3 Å². The van der Waals surface area contributed by atoms with Crippen LogP contribution < -0.4 is 5.32 Å². The molecule has 0 aliphatic heterocycles. The van der Waals surface area contributed by atoms with Gasteiger partial charge in [-0.15, -0.1) is 0 Å². The fourth-order valence-electron chi connectivity index (χ4n) is 3.86. The Kier molecular flexibility index (Phi) is 7.61. The van der Waals surface area contributed by atoms with Gasteiger partial charge in [0.2, 0.25) is 0 Å². The minimum atomic E-state index is -4.56. The summed E-state index contributed by atoms with van der Waals surface area (Å²) < 4.78 is 44.3. The zero-order chi connectivity index (χ0) is 25.9. The molecule has 1 N–H and O–H groups in total. The van der Waals surface area contributed by atoms with Crippen LogP contribution in [-0.2, 0) is 6.18 Å². The number of rotatable bonds is 7. The number of likely N-dealkylation sites (N-methyl/N-ethyl adjacent to an activating group) is 1. The Labute approximate surface area is 215 Å². The largest absolute Gasteiger partial charge is 0.418 e. The van der Waals surface area contributed by atoms with Crippen molar-refractivity contribution < 1.29 is 18.0 Å². The van der Waals surface area contributed by atoms with Gasteiger partial charge in [-0.3, -0.25) is 9.78 Å². The van der Waals surface area contributed by atoms with E-state index in [-0.39, 0.29) is 11.6 Å². The highest BCUT2D eigenvalue weighted by Gasteiger charge is 2.35. The molecule has 0 atom stereocenters. The van der Waals surface area contributed by atoms with Crippen LogP contribution in [0, 0.1) is 0 Å². The van der Waals surface area contributed by atoms with E-state index in [9.17, 15) is 18.0 Å². The molecule has 0 spiro atoms. The molecule has 0 unspecified atom stereocenters. The maximum absolute atomic E-state index is 14.0. The Bertz CT molecular complexity index is 1350. The molecule has 9 heteroatoms. The van der Waals surface area contributed by atoms with E-state index in [1.54, 1.807) is 41.0 Å². The van der Waals surface area contributed by atoms with Crippen molar-refractivity contribution >= 4 is 21.8 Å². The van der Waals surface area contributed by atoms with Crippen molar-refractivity contribution in [2.75, 3.05) is 27.2 Å². The van der Waals surface area contributed by atoms with Gasteiger partial charge in [-0.05, 0) is 67.7 Å². The molecule has 0 aliphatic rings. The fourth-order valence-corrected chi connectivity index (χ4v) is 4.12. The van der Waals surface area contributed by atoms with E-state index in [1.165, 1.54) is 6.20 Å². The third kappa shape index (κ3) is 5.68. The number of alkyl halides is 3. The van der Waals surface area contributed by atoms with Crippen molar-refractivity contribution in [2.45, 2.75) is 6.18 Å². The Morgan fingerprint density at radius 1 is 0.944 bits per heavy atom. The number of carbonyl (C=O) groups is 1. The highest BCUT2D eigenvalue weighted by atomic mass is 79.9. The first-order chi connectivity index (χ1) is 17.1. The summed E-state index contributed by atoms with van der Waals surface area (Å²) in [6.07, 6.45) is -2.20. The molecule has 2 aromatic carbocycles. The number of benzene rings is 2. The summed E-state index contributed by atoms with van der Waals surface area (Å²) in [6.45, 7) is 1.22. The van der Waals surface area contributed by atoms with Crippen molar-refractivity contribution in [2.24, 2.45) is 0 Å². The molecule has 36 heavy (non-hydrogen) atoms. The van der Waals surface area contributed by atoms with Gasteiger partial charge in [0.25, 0.3) is 5.91 Å². The van der Waals surface area contributed by atoms with Crippen LogP contribution in [0.4, 0.5) is 13.2 Å². The topological polar surface area (TPSA) is 50.2 Å². The second kappa shape index (κ2) is 10.7. The molecular weight excluding hydrogens is 533 g/mol. The zero-order valence-corrected chi connectivity index (χ0v) is 21.3. The Hall–Kier alpha value is -3.43. The van der Waals surface area contributed by atoms with Crippen LogP contribution in [-0.4, -0.2) is 47.5 Å². The lowest BCUT2D eigenvalue weighted by Gasteiger charge is -2.19. The summed E-state index contributed by atoms with van der Waals surface area (Å²) in [7, 11) is 3.84. The molecule has 0 radical (unpaired) electrons. The first-order valence-corrected chi connectivity index (χ1v) is 12.0. The number of halogens is 4. The van der Waals surface area contributed by atoms with E-state index < -0.39 is 11.7 Å². The SMILES string of the molecule is CN(C)CCNC(=O)c1ccc(-c2ccc(-c3ccc(Br)cc3)n2-c2cnccc2C(F)(F)F)cc1. The molecule has 0 saturated carbocycles. The number of aromatic nitrogens is 2. The predicted octanol–water partition coefficient (Wildman–Crippen LogP) is 6.28. The van der Waals surface area contributed by atoms with E-state index in [0.29, 0.717) is 35.6 Å². The molecule has 186 valence electrons. The molecular formula is C27H24BrF3N4O. The van der Waals surface area contributed by atoms with Crippen molar-refractivity contribution in [3.8, 4) is 28.2 Å². The lowest BCUT2D eigenvalue weighted by Crippen LogP contribution is -2.31. The van der Waals surface area contributed by atoms with Crippen LogP contribution in [0.3, 0.4) is 0 Å². The molecule has 0 saturated heterocycles. The van der Waals surface area contributed by atoms with Gasteiger partial charge < -0.3 is 14.8 Å². The fraction of sp³-hybridized carbons (Fsp3) is 0.185. The van der Waals surface area contributed by atoms with Crippen molar-refractivity contribution in [1.82, 2.24) is 19.8 Å². The van der Waals surface area contributed by atoms with Crippen LogP contribution in [0.15, 0.2) is 83.6 Å². The first-order valence-electron chi connectivity index (χ1n) is 11.2. The number of hydrogen-bond acceptors (Lipinski definition) is 3. The summed E-state index contributed by atoms with van der Waals surface area (Å²) in [6, 6.07) is 18.7. The highest BCUT2D eigenvalue weighted by molar-refractivity contribution is 9.10. The van der Waals surface area contributed by atoms with E-state index in [2.05, 4.69) is 26.2 Å². The van der Waals surface area contributed by atoms with E-state index in [4.69, 9.17) is 0 Å². The molecule has 2 aromatic heterocycles. The predicted molar refractivity (Wildman–Crippen MR) is 138 cm³/mol. The first kappa shape index (κ1) is 25.7.